The molecule has 0 bridgehead atoms. The van der Waals surface area contributed by atoms with Crippen LogP contribution in [0.5, 0.6) is 0 Å². The Morgan fingerprint density at radius 2 is 2.04 bits per heavy atom. The number of carbonyl (C=O) groups excluding carboxylic acids is 2. The van der Waals surface area contributed by atoms with Gasteiger partial charge in [0, 0.05) is 11.2 Å². The fourth-order valence-corrected chi connectivity index (χ4v) is 2.51. The normalized spacial score (nSPS) is 18.2. The van der Waals surface area contributed by atoms with Crippen molar-refractivity contribution in [3.63, 3.8) is 0 Å². The third kappa shape index (κ3) is 3.90. The van der Waals surface area contributed by atoms with Crippen molar-refractivity contribution in [2.24, 2.45) is 0 Å². The monoisotopic (exact) mass is 388 g/mol. The van der Waals surface area contributed by atoms with Crippen LogP contribution in [0.25, 0.3) is 0 Å². The first kappa shape index (κ1) is 18.1. The number of nitrogens with zero attached hydrogens (tertiary/aromatic N) is 1. The molecule has 2 atom stereocenters. The van der Waals surface area contributed by atoms with Gasteiger partial charge in [0.05, 0.1) is 18.3 Å². The predicted octanol–water partition coefficient (Wildman–Crippen LogP) is 2.40. The van der Waals surface area contributed by atoms with E-state index in [1.165, 1.54) is 12.1 Å². The highest BCUT2D eigenvalue weighted by atomic mass is 35.5. The molecule has 1 aromatic carbocycles. The smallest absolute Gasteiger partial charge is 0.434 e. The van der Waals surface area contributed by atoms with Crippen molar-refractivity contribution in [3.8, 4) is 0 Å². The molecule has 2 heterocycles. The summed E-state index contributed by atoms with van der Waals surface area (Å²) in [5.74, 6) is -1.85. The number of ether oxygens (including phenoxy) is 1. The molecule has 0 aliphatic carbocycles. The van der Waals surface area contributed by atoms with Crippen molar-refractivity contribution >= 4 is 23.6 Å². The van der Waals surface area contributed by atoms with Gasteiger partial charge in [0.1, 0.15) is 0 Å². The lowest BCUT2D eigenvalue weighted by Crippen LogP contribution is -2.39. The Kier molecular flexibility index (Phi) is 4.77. The van der Waals surface area contributed by atoms with Crippen LogP contribution in [-0.2, 0) is 15.7 Å². The van der Waals surface area contributed by atoms with E-state index in [0.717, 1.165) is 6.20 Å². The molecule has 26 heavy (non-hydrogen) atoms. The number of alkyl halides is 3. The number of hydrogen-bond donors (Lipinski definition) is 3. The third-order valence-corrected chi connectivity index (χ3v) is 3.88. The van der Waals surface area contributed by atoms with Gasteiger partial charge in [-0.2, -0.15) is 13.2 Å². The van der Waals surface area contributed by atoms with Crippen molar-refractivity contribution in [1.29, 1.82) is 0 Å². The van der Waals surface area contributed by atoms with Crippen LogP contribution in [0, 0.1) is 0 Å². The number of H-pyrrole nitrogens is 1. The third-order valence-electron chi connectivity index (χ3n) is 3.63. The fraction of sp³-hybridized carbons (Fsp3) is 0.267. The summed E-state index contributed by atoms with van der Waals surface area (Å²) in [6, 6.07) is 5.17. The van der Waals surface area contributed by atoms with Gasteiger partial charge in [-0.15, -0.1) is 0 Å². The molecule has 1 fully saturated rings. The molecule has 3 N–H and O–H groups in total. The number of carbonyl (C=O) groups is 2. The Morgan fingerprint density at radius 3 is 2.58 bits per heavy atom. The first-order valence-electron chi connectivity index (χ1n) is 7.37. The molecule has 1 aromatic heterocycles. The zero-order valence-corrected chi connectivity index (χ0v) is 13.7. The molecule has 0 unspecified atom stereocenters. The molecule has 1 aliphatic rings. The second-order valence-electron chi connectivity index (χ2n) is 5.44. The highest BCUT2D eigenvalue weighted by molar-refractivity contribution is 6.30. The maximum absolute atomic E-state index is 12.8. The Bertz CT molecular complexity index is 822. The van der Waals surface area contributed by atoms with Crippen molar-refractivity contribution < 1.29 is 27.5 Å². The minimum absolute atomic E-state index is 0.0353. The minimum atomic E-state index is -4.66. The first-order chi connectivity index (χ1) is 12.2. The van der Waals surface area contributed by atoms with Crippen LogP contribution in [0.15, 0.2) is 30.5 Å². The van der Waals surface area contributed by atoms with Crippen LogP contribution in [0.2, 0.25) is 5.02 Å². The number of amides is 2. The average molecular weight is 389 g/mol. The molecule has 1 aliphatic heterocycles. The molecule has 3 rings (SSSR count). The van der Waals surface area contributed by atoms with Crippen LogP contribution in [0.4, 0.5) is 18.0 Å². The van der Waals surface area contributed by atoms with E-state index in [-0.39, 0.29) is 12.2 Å². The van der Waals surface area contributed by atoms with Gasteiger partial charge in [0.15, 0.2) is 6.10 Å². The van der Waals surface area contributed by atoms with E-state index >= 15 is 0 Å². The molecule has 0 spiro atoms. The zero-order valence-electron chi connectivity index (χ0n) is 12.9. The molecule has 2 amide bonds. The van der Waals surface area contributed by atoms with Crippen LogP contribution >= 0.6 is 11.6 Å². The lowest BCUT2D eigenvalue weighted by molar-refractivity contribution is -0.144. The van der Waals surface area contributed by atoms with Gasteiger partial charge in [-0.05, 0) is 17.7 Å². The van der Waals surface area contributed by atoms with E-state index in [2.05, 4.69) is 15.6 Å². The van der Waals surface area contributed by atoms with Crippen LogP contribution in [0.1, 0.15) is 23.1 Å². The topological polar surface area (TPSA) is 96.1 Å². The number of aromatic nitrogens is 2. The van der Waals surface area contributed by atoms with Gasteiger partial charge < -0.3 is 20.4 Å². The number of cyclic esters (lactones) is 1. The van der Waals surface area contributed by atoms with E-state index in [1.54, 1.807) is 12.1 Å². The fourth-order valence-electron chi connectivity index (χ4n) is 2.38. The number of imidazole rings is 1. The van der Waals surface area contributed by atoms with Gasteiger partial charge in [-0.3, -0.25) is 4.79 Å². The largest absolute Gasteiger partial charge is 0.449 e. The highest BCUT2D eigenvalue weighted by Gasteiger charge is 2.36. The molecular formula is C15H12ClF3N4O3. The highest BCUT2D eigenvalue weighted by Crippen LogP contribution is 2.29. The lowest BCUT2D eigenvalue weighted by atomic mass is 10.0. The molecular weight excluding hydrogens is 377 g/mol. The maximum atomic E-state index is 12.8. The summed E-state index contributed by atoms with van der Waals surface area (Å²) in [5, 5.41) is 5.29. The zero-order chi connectivity index (χ0) is 18.9. The van der Waals surface area contributed by atoms with E-state index in [9.17, 15) is 22.8 Å². The molecule has 138 valence electrons. The Labute approximate surface area is 149 Å². The number of halogens is 4. The van der Waals surface area contributed by atoms with Gasteiger partial charge in [0.25, 0.3) is 5.91 Å². The van der Waals surface area contributed by atoms with E-state index in [1.807, 2.05) is 4.98 Å². The van der Waals surface area contributed by atoms with Crippen molar-refractivity contribution in [1.82, 2.24) is 20.6 Å². The predicted molar refractivity (Wildman–Crippen MR) is 83.3 cm³/mol. The Hall–Kier alpha value is -2.75. The number of aromatic amines is 1. The molecule has 2 aromatic rings. The van der Waals surface area contributed by atoms with E-state index < -0.39 is 36.1 Å². The lowest BCUT2D eigenvalue weighted by Gasteiger charge is -2.19. The van der Waals surface area contributed by atoms with E-state index in [0.29, 0.717) is 10.6 Å². The van der Waals surface area contributed by atoms with Crippen molar-refractivity contribution in [2.75, 3.05) is 6.54 Å². The summed E-state index contributed by atoms with van der Waals surface area (Å²) < 4.78 is 43.2. The summed E-state index contributed by atoms with van der Waals surface area (Å²) in [7, 11) is 0. The minimum Gasteiger partial charge on any atom is -0.434 e. The Morgan fingerprint density at radius 1 is 1.35 bits per heavy atom. The van der Waals surface area contributed by atoms with Crippen molar-refractivity contribution in [2.45, 2.75) is 18.3 Å². The second kappa shape index (κ2) is 6.87. The SMILES string of the molecule is O=C1NC[C@@H](C(=O)N[C@H](c2ccc(Cl)cc2)c2c[nH]c(C(F)(F)F)n2)O1. The number of rotatable bonds is 4. The van der Waals surface area contributed by atoms with Gasteiger partial charge >= 0.3 is 12.3 Å². The summed E-state index contributed by atoms with van der Waals surface area (Å²) >= 11 is 5.83. The summed E-state index contributed by atoms with van der Waals surface area (Å²) in [4.78, 5) is 28.9. The molecule has 7 nitrogen and oxygen atoms in total. The van der Waals surface area contributed by atoms with Crippen LogP contribution in [-0.4, -0.2) is 34.6 Å². The summed E-state index contributed by atoms with van der Waals surface area (Å²) in [5.41, 5.74) is 0.408. The number of benzene rings is 1. The first-order valence-corrected chi connectivity index (χ1v) is 7.74. The Balaban J connectivity index is 1.89. The summed E-state index contributed by atoms with van der Waals surface area (Å²) in [6.07, 6.45) is -5.43. The molecule has 1 saturated heterocycles. The van der Waals surface area contributed by atoms with Crippen molar-refractivity contribution in [3.05, 3.63) is 52.6 Å². The average Bonchev–Trinajstić information content (AvgIpc) is 3.22. The maximum Gasteiger partial charge on any atom is 0.449 e. The number of alkyl carbamates (subject to hydrolysis) is 1. The number of nitrogens with one attached hydrogen (secondary N) is 3. The second-order valence-corrected chi connectivity index (χ2v) is 5.88. The quantitative estimate of drug-likeness (QED) is 0.749. The molecule has 11 heteroatoms. The van der Waals surface area contributed by atoms with Crippen LogP contribution in [0.3, 0.4) is 0 Å². The van der Waals surface area contributed by atoms with Gasteiger partial charge in [-0.1, -0.05) is 23.7 Å². The van der Waals surface area contributed by atoms with Gasteiger partial charge in [0.2, 0.25) is 5.82 Å². The van der Waals surface area contributed by atoms with E-state index in [4.69, 9.17) is 16.3 Å². The number of hydrogen-bond acceptors (Lipinski definition) is 4. The molecule has 0 saturated carbocycles. The molecule has 0 radical (unpaired) electrons. The standard InChI is InChI=1S/C15H12ClF3N4O3/c16-8-3-1-7(2-4-8)11(9-5-20-13(22-9)15(17,18)19)23-12(24)10-6-21-14(25)26-10/h1-5,10-11H,6H2,(H,20,22)(H,21,25)(H,23,24)/t10-,11+/m0/s1. The van der Waals surface area contributed by atoms with Crippen LogP contribution < -0.4 is 10.6 Å². The summed E-state index contributed by atoms with van der Waals surface area (Å²) in [6.45, 7) is -0.0353. The van der Waals surface area contributed by atoms with Gasteiger partial charge in [-0.25, -0.2) is 9.78 Å².